The summed E-state index contributed by atoms with van der Waals surface area (Å²) in [5.41, 5.74) is 0.883. The molecule has 0 radical (unpaired) electrons. The monoisotopic (exact) mass is 222 g/mol. The topological polar surface area (TPSA) is 44.8 Å². The lowest BCUT2D eigenvalue weighted by Crippen LogP contribution is -2.16. The number of ketones is 1. The third kappa shape index (κ3) is 2.10. The van der Waals surface area contributed by atoms with Gasteiger partial charge in [-0.15, -0.1) is 0 Å². The molecule has 0 N–H and O–H groups in total. The van der Waals surface area contributed by atoms with Crippen molar-refractivity contribution in [3.8, 4) is 17.2 Å². The standard InChI is InChI=1S/C12H14O4/c1-8(13)5-9-6-10(14-2)12-11(7-9)15-3-4-16-12/h6-7H,3-5H2,1-2H3. The van der Waals surface area contributed by atoms with Crippen LogP contribution in [0.5, 0.6) is 17.2 Å². The normalized spacial score (nSPS) is 13.4. The molecule has 0 atom stereocenters. The molecule has 0 spiro atoms. The molecule has 1 aliphatic heterocycles. The van der Waals surface area contributed by atoms with Crippen molar-refractivity contribution in [2.45, 2.75) is 13.3 Å². The third-order valence-corrected chi connectivity index (χ3v) is 2.34. The number of carbonyl (C=O) groups is 1. The molecule has 1 aliphatic rings. The van der Waals surface area contributed by atoms with Crippen LogP contribution in [0, 0.1) is 0 Å². The van der Waals surface area contributed by atoms with Gasteiger partial charge in [0.1, 0.15) is 19.0 Å². The summed E-state index contributed by atoms with van der Waals surface area (Å²) in [7, 11) is 1.57. The number of Topliss-reactive ketones (excluding diaryl/α,β-unsaturated/α-hetero) is 1. The lowest BCUT2D eigenvalue weighted by Gasteiger charge is -2.21. The second kappa shape index (κ2) is 4.43. The fourth-order valence-corrected chi connectivity index (χ4v) is 1.72. The Balaban J connectivity index is 2.39. The highest BCUT2D eigenvalue weighted by molar-refractivity contribution is 5.78. The van der Waals surface area contributed by atoms with E-state index in [1.165, 1.54) is 0 Å². The molecule has 1 aromatic carbocycles. The van der Waals surface area contributed by atoms with Crippen molar-refractivity contribution < 1.29 is 19.0 Å². The van der Waals surface area contributed by atoms with E-state index in [0.29, 0.717) is 36.9 Å². The van der Waals surface area contributed by atoms with Crippen molar-refractivity contribution in [2.75, 3.05) is 20.3 Å². The average molecular weight is 222 g/mol. The zero-order valence-corrected chi connectivity index (χ0v) is 9.41. The Morgan fingerprint density at radius 3 is 2.81 bits per heavy atom. The van der Waals surface area contributed by atoms with Crippen LogP contribution in [0.25, 0.3) is 0 Å². The van der Waals surface area contributed by atoms with E-state index in [1.54, 1.807) is 14.0 Å². The predicted octanol–water partition coefficient (Wildman–Crippen LogP) is 1.60. The molecule has 86 valence electrons. The van der Waals surface area contributed by atoms with Crippen LogP contribution in [0.2, 0.25) is 0 Å². The van der Waals surface area contributed by atoms with Gasteiger partial charge < -0.3 is 14.2 Å². The van der Waals surface area contributed by atoms with E-state index in [4.69, 9.17) is 14.2 Å². The number of rotatable bonds is 3. The largest absolute Gasteiger partial charge is 0.493 e. The number of hydrogen-bond acceptors (Lipinski definition) is 4. The van der Waals surface area contributed by atoms with Crippen LogP contribution in [0.3, 0.4) is 0 Å². The van der Waals surface area contributed by atoms with Crippen molar-refractivity contribution >= 4 is 5.78 Å². The zero-order chi connectivity index (χ0) is 11.5. The maximum Gasteiger partial charge on any atom is 0.203 e. The summed E-state index contributed by atoms with van der Waals surface area (Å²) in [5, 5.41) is 0. The summed E-state index contributed by atoms with van der Waals surface area (Å²) in [6.45, 7) is 2.61. The second-order valence-electron chi connectivity index (χ2n) is 3.70. The van der Waals surface area contributed by atoms with Crippen molar-refractivity contribution in [3.63, 3.8) is 0 Å². The van der Waals surface area contributed by atoms with E-state index in [2.05, 4.69) is 0 Å². The minimum atomic E-state index is 0.110. The Morgan fingerprint density at radius 2 is 2.12 bits per heavy atom. The smallest absolute Gasteiger partial charge is 0.203 e. The molecule has 16 heavy (non-hydrogen) atoms. The zero-order valence-electron chi connectivity index (χ0n) is 9.41. The molecule has 0 saturated heterocycles. The van der Waals surface area contributed by atoms with Crippen LogP contribution in [-0.2, 0) is 11.2 Å². The average Bonchev–Trinajstić information content (AvgIpc) is 2.27. The summed E-state index contributed by atoms with van der Waals surface area (Å²) in [6, 6.07) is 3.65. The predicted molar refractivity (Wildman–Crippen MR) is 58.4 cm³/mol. The van der Waals surface area contributed by atoms with Gasteiger partial charge in [-0.05, 0) is 24.6 Å². The Morgan fingerprint density at radius 1 is 1.38 bits per heavy atom. The molecule has 4 heteroatoms. The van der Waals surface area contributed by atoms with Gasteiger partial charge in [-0.25, -0.2) is 0 Å². The molecule has 0 unspecified atom stereocenters. The van der Waals surface area contributed by atoms with Gasteiger partial charge in [0.15, 0.2) is 11.5 Å². The van der Waals surface area contributed by atoms with Crippen LogP contribution in [0.1, 0.15) is 12.5 Å². The quantitative estimate of drug-likeness (QED) is 0.779. The van der Waals surface area contributed by atoms with E-state index in [0.717, 1.165) is 5.56 Å². The molecule has 0 bridgehead atoms. The van der Waals surface area contributed by atoms with Crippen molar-refractivity contribution in [3.05, 3.63) is 17.7 Å². The summed E-state index contributed by atoms with van der Waals surface area (Å²) in [5.74, 6) is 2.01. The highest BCUT2D eigenvalue weighted by Crippen LogP contribution is 2.40. The number of ether oxygens (including phenoxy) is 3. The van der Waals surface area contributed by atoms with E-state index >= 15 is 0 Å². The van der Waals surface area contributed by atoms with Gasteiger partial charge in [-0.2, -0.15) is 0 Å². The summed E-state index contributed by atoms with van der Waals surface area (Å²) < 4.78 is 16.2. The lowest BCUT2D eigenvalue weighted by molar-refractivity contribution is -0.116. The Bertz CT molecular complexity index is 394. The number of methoxy groups -OCH3 is 1. The number of fused-ring (bicyclic) bond motifs is 1. The first-order valence-corrected chi connectivity index (χ1v) is 5.16. The van der Waals surface area contributed by atoms with Gasteiger partial charge in [-0.1, -0.05) is 0 Å². The first kappa shape index (κ1) is 10.8. The van der Waals surface area contributed by atoms with Crippen LogP contribution in [-0.4, -0.2) is 26.1 Å². The van der Waals surface area contributed by atoms with Gasteiger partial charge >= 0.3 is 0 Å². The number of benzene rings is 1. The Labute approximate surface area is 94.1 Å². The van der Waals surface area contributed by atoms with Gasteiger partial charge in [-0.3, -0.25) is 4.79 Å². The number of carbonyl (C=O) groups excluding carboxylic acids is 1. The minimum absolute atomic E-state index is 0.110. The first-order chi connectivity index (χ1) is 7.70. The summed E-state index contributed by atoms with van der Waals surface area (Å²) in [6.07, 6.45) is 0.382. The maximum atomic E-state index is 11.1. The molecule has 0 aliphatic carbocycles. The number of hydrogen-bond donors (Lipinski definition) is 0. The molecule has 0 aromatic heterocycles. The van der Waals surface area contributed by atoms with Crippen LogP contribution >= 0.6 is 0 Å². The molecule has 0 amide bonds. The lowest BCUT2D eigenvalue weighted by atomic mass is 10.1. The molecule has 0 saturated carbocycles. The van der Waals surface area contributed by atoms with Crippen molar-refractivity contribution in [2.24, 2.45) is 0 Å². The van der Waals surface area contributed by atoms with Gasteiger partial charge in [0.05, 0.1) is 7.11 Å². The fraction of sp³-hybridized carbons (Fsp3) is 0.417. The molecule has 1 heterocycles. The molecule has 2 rings (SSSR count). The van der Waals surface area contributed by atoms with E-state index < -0.39 is 0 Å². The minimum Gasteiger partial charge on any atom is -0.493 e. The molecular formula is C12H14O4. The third-order valence-electron chi connectivity index (χ3n) is 2.34. The fourth-order valence-electron chi connectivity index (χ4n) is 1.72. The summed E-state index contributed by atoms with van der Waals surface area (Å²) >= 11 is 0. The van der Waals surface area contributed by atoms with Crippen molar-refractivity contribution in [1.29, 1.82) is 0 Å². The Kier molecular flexibility index (Phi) is 2.99. The van der Waals surface area contributed by atoms with E-state index in [1.807, 2.05) is 12.1 Å². The molecule has 1 aromatic rings. The SMILES string of the molecule is COc1cc(CC(C)=O)cc2c1OCCO2. The van der Waals surface area contributed by atoms with Crippen molar-refractivity contribution in [1.82, 2.24) is 0 Å². The van der Waals surface area contributed by atoms with E-state index in [9.17, 15) is 4.79 Å². The van der Waals surface area contributed by atoms with E-state index in [-0.39, 0.29) is 5.78 Å². The first-order valence-electron chi connectivity index (χ1n) is 5.16. The van der Waals surface area contributed by atoms with Crippen LogP contribution < -0.4 is 14.2 Å². The van der Waals surface area contributed by atoms with Gasteiger partial charge in [0.25, 0.3) is 0 Å². The maximum absolute atomic E-state index is 11.1. The van der Waals surface area contributed by atoms with Gasteiger partial charge in [0.2, 0.25) is 5.75 Å². The van der Waals surface area contributed by atoms with Crippen LogP contribution in [0.15, 0.2) is 12.1 Å². The molecular weight excluding hydrogens is 208 g/mol. The molecule has 4 nitrogen and oxygen atoms in total. The summed E-state index contributed by atoms with van der Waals surface area (Å²) in [4.78, 5) is 11.1. The van der Waals surface area contributed by atoms with Crippen LogP contribution in [0.4, 0.5) is 0 Å². The highest BCUT2D eigenvalue weighted by atomic mass is 16.6. The molecule has 0 fully saturated rings. The highest BCUT2D eigenvalue weighted by Gasteiger charge is 2.18. The van der Waals surface area contributed by atoms with Gasteiger partial charge in [0, 0.05) is 6.42 Å². The second-order valence-corrected chi connectivity index (χ2v) is 3.70. The Hall–Kier alpha value is -1.71.